The van der Waals surface area contributed by atoms with Crippen molar-refractivity contribution in [1.29, 1.82) is 0 Å². The van der Waals surface area contributed by atoms with Crippen molar-refractivity contribution in [3.63, 3.8) is 0 Å². The Morgan fingerprint density at radius 2 is 2.06 bits per heavy atom. The van der Waals surface area contributed by atoms with Crippen molar-refractivity contribution in [3.8, 4) is 12.3 Å². The molecule has 0 aliphatic heterocycles. The van der Waals surface area contributed by atoms with E-state index in [1.807, 2.05) is 42.5 Å². The van der Waals surface area contributed by atoms with Crippen LogP contribution in [0.4, 0.5) is 5.69 Å². The van der Waals surface area contributed by atoms with Crippen molar-refractivity contribution in [1.82, 2.24) is 0 Å². The molecule has 0 spiro atoms. The molecule has 0 amide bonds. The molecule has 90 valence electrons. The average Bonchev–Trinajstić information content (AvgIpc) is 2.38. The first kappa shape index (κ1) is 13.0. The van der Waals surface area contributed by atoms with Crippen LogP contribution in [0.15, 0.2) is 46.9 Å². The van der Waals surface area contributed by atoms with Crippen molar-refractivity contribution in [2.24, 2.45) is 0 Å². The second-order valence-corrected chi connectivity index (χ2v) is 5.11. The number of terminal acetylenes is 1. The molecule has 2 aromatic rings. The predicted octanol–water partition coefficient (Wildman–Crippen LogP) is 4.70. The third-order valence-electron chi connectivity index (χ3n) is 2.53. The highest BCUT2D eigenvalue weighted by atomic mass is 79.9. The fraction of sp³-hybridized carbons (Fsp3) is 0.0667. The van der Waals surface area contributed by atoms with Gasteiger partial charge in [0.15, 0.2) is 0 Å². The Kier molecular flexibility index (Phi) is 4.30. The molecule has 0 saturated heterocycles. The first-order chi connectivity index (χ1) is 8.69. The van der Waals surface area contributed by atoms with Crippen molar-refractivity contribution >= 4 is 33.2 Å². The normalized spacial score (nSPS) is 9.83. The Hall–Kier alpha value is -1.43. The molecule has 1 N–H and O–H groups in total. The number of halogens is 2. The molecule has 0 unspecified atom stereocenters. The number of hydrogen-bond acceptors (Lipinski definition) is 1. The Morgan fingerprint density at radius 3 is 2.78 bits per heavy atom. The Balaban J connectivity index is 2.09. The van der Waals surface area contributed by atoms with Gasteiger partial charge in [-0.3, -0.25) is 0 Å². The van der Waals surface area contributed by atoms with Gasteiger partial charge >= 0.3 is 0 Å². The quantitative estimate of drug-likeness (QED) is 0.809. The third-order valence-corrected chi connectivity index (χ3v) is 3.50. The highest BCUT2D eigenvalue weighted by molar-refractivity contribution is 9.10. The monoisotopic (exact) mass is 319 g/mol. The second-order valence-electron chi connectivity index (χ2n) is 3.81. The zero-order valence-electron chi connectivity index (χ0n) is 9.58. The van der Waals surface area contributed by atoms with Gasteiger partial charge in [-0.2, -0.15) is 0 Å². The lowest BCUT2D eigenvalue weighted by Gasteiger charge is -2.09. The van der Waals surface area contributed by atoms with Gasteiger partial charge in [0.05, 0.1) is 0 Å². The van der Waals surface area contributed by atoms with E-state index in [1.54, 1.807) is 0 Å². The van der Waals surface area contributed by atoms with E-state index in [1.165, 1.54) is 0 Å². The van der Waals surface area contributed by atoms with Crippen molar-refractivity contribution < 1.29 is 0 Å². The van der Waals surface area contributed by atoms with Crippen LogP contribution in [-0.2, 0) is 6.54 Å². The molecule has 0 radical (unpaired) electrons. The van der Waals surface area contributed by atoms with Crippen LogP contribution in [-0.4, -0.2) is 0 Å². The lowest BCUT2D eigenvalue weighted by atomic mass is 10.2. The summed E-state index contributed by atoms with van der Waals surface area (Å²) in [5.41, 5.74) is 3.02. The predicted molar refractivity (Wildman–Crippen MR) is 80.9 cm³/mol. The molecule has 0 heterocycles. The molecule has 3 heteroatoms. The molecule has 0 bridgehead atoms. The van der Waals surface area contributed by atoms with E-state index < -0.39 is 0 Å². The lowest BCUT2D eigenvalue weighted by Crippen LogP contribution is -2.00. The third kappa shape index (κ3) is 3.29. The summed E-state index contributed by atoms with van der Waals surface area (Å²) >= 11 is 9.39. The van der Waals surface area contributed by atoms with Gasteiger partial charge in [-0.25, -0.2) is 0 Å². The van der Waals surface area contributed by atoms with E-state index in [0.717, 1.165) is 26.3 Å². The van der Waals surface area contributed by atoms with Gasteiger partial charge in [-0.05, 0) is 35.9 Å². The smallest absolute Gasteiger partial charge is 0.0417 e. The van der Waals surface area contributed by atoms with E-state index >= 15 is 0 Å². The van der Waals surface area contributed by atoms with Crippen molar-refractivity contribution in [3.05, 3.63) is 63.1 Å². The second kappa shape index (κ2) is 5.95. The molecule has 0 aromatic heterocycles. The van der Waals surface area contributed by atoms with Gasteiger partial charge in [0, 0.05) is 27.3 Å². The summed E-state index contributed by atoms with van der Waals surface area (Å²) in [6.45, 7) is 0.714. The molecule has 18 heavy (non-hydrogen) atoms. The first-order valence-electron chi connectivity index (χ1n) is 5.43. The van der Waals surface area contributed by atoms with E-state index in [9.17, 15) is 0 Å². The maximum atomic E-state index is 5.90. The van der Waals surface area contributed by atoms with Crippen molar-refractivity contribution in [2.75, 3.05) is 5.32 Å². The fourth-order valence-corrected chi connectivity index (χ4v) is 2.40. The average molecular weight is 321 g/mol. The molecular formula is C15H11BrClN. The number of benzene rings is 2. The Morgan fingerprint density at radius 1 is 1.22 bits per heavy atom. The topological polar surface area (TPSA) is 12.0 Å². The molecule has 0 aliphatic carbocycles. The molecule has 2 rings (SSSR count). The number of rotatable bonds is 3. The summed E-state index contributed by atoms with van der Waals surface area (Å²) in [5.74, 6) is 2.62. The molecule has 1 nitrogen and oxygen atoms in total. The lowest BCUT2D eigenvalue weighted by molar-refractivity contribution is 1.14. The van der Waals surface area contributed by atoms with Crippen LogP contribution in [0.3, 0.4) is 0 Å². The van der Waals surface area contributed by atoms with Crippen LogP contribution < -0.4 is 5.32 Å². The van der Waals surface area contributed by atoms with Gasteiger partial charge in [0.25, 0.3) is 0 Å². The summed E-state index contributed by atoms with van der Waals surface area (Å²) in [6, 6.07) is 13.5. The van der Waals surface area contributed by atoms with Gasteiger partial charge < -0.3 is 5.32 Å². The Labute approximate surface area is 120 Å². The van der Waals surface area contributed by atoms with E-state index in [2.05, 4.69) is 27.2 Å². The van der Waals surface area contributed by atoms with Crippen LogP contribution in [0.5, 0.6) is 0 Å². The highest BCUT2D eigenvalue weighted by Crippen LogP contribution is 2.22. The van der Waals surface area contributed by atoms with Crippen LogP contribution in [0.25, 0.3) is 0 Å². The molecular weight excluding hydrogens is 310 g/mol. The van der Waals surface area contributed by atoms with Crippen LogP contribution in [0, 0.1) is 12.3 Å². The minimum atomic E-state index is 0.714. The maximum absolute atomic E-state index is 5.90. The minimum absolute atomic E-state index is 0.714. The number of hydrogen-bond donors (Lipinski definition) is 1. The van der Waals surface area contributed by atoms with Crippen LogP contribution in [0.1, 0.15) is 11.1 Å². The Bertz CT molecular complexity index is 602. The number of nitrogens with one attached hydrogen (secondary N) is 1. The van der Waals surface area contributed by atoms with Crippen molar-refractivity contribution in [2.45, 2.75) is 6.54 Å². The van der Waals surface area contributed by atoms with Gasteiger partial charge in [0.1, 0.15) is 0 Å². The zero-order valence-corrected chi connectivity index (χ0v) is 11.9. The van der Waals surface area contributed by atoms with E-state index in [4.69, 9.17) is 18.0 Å². The molecule has 0 saturated carbocycles. The van der Waals surface area contributed by atoms with Gasteiger partial charge in [-0.15, -0.1) is 6.42 Å². The summed E-state index contributed by atoms with van der Waals surface area (Å²) < 4.78 is 0.996. The highest BCUT2D eigenvalue weighted by Gasteiger charge is 2.01. The van der Waals surface area contributed by atoms with E-state index in [-0.39, 0.29) is 0 Å². The SMILES string of the molecule is C#Cc1cccc(NCc2ccc(Cl)cc2Br)c1. The number of anilines is 1. The van der Waals surface area contributed by atoms with E-state index in [0.29, 0.717) is 6.54 Å². The molecule has 0 atom stereocenters. The van der Waals surface area contributed by atoms with Gasteiger partial charge in [0.2, 0.25) is 0 Å². The summed E-state index contributed by atoms with van der Waals surface area (Å²) in [6.07, 6.45) is 5.37. The summed E-state index contributed by atoms with van der Waals surface area (Å²) in [7, 11) is 0. The zero-order chi connectivity index (χ0) is 13.0. The van der Waals surface area contributed by atoms with Crippen LogP contribution in [0.2, 0.25) is 5.02 Å². The summed E-state index contributed by atoms with van der Waals surface area (Å²) in [4.78, 5) is 0. The maximum Gasteiger partial charge on any atom is 0.0417 e. The molecule has 0 fully saturated rings. The fourth-order valence-electron chi connectivity index (χ4n) is 1.58. The summed E-state index contributed by atoms with van der Waals surface area (Å²) in [5, 5.41) is 4.05. The van der Waals surface area contributed by atoms with Crippen LogP contribution >= 0.6 is 27.5 Å². The standard InChI is InChI=1S/C15H11BrClN/c1-2-11-4-3-5-14(8-11)18-10-12-6-7-13(17)9-15(12)16/h1,3-9,18H,10H2. The first-order valence-corrected chi connectivity index (χ1v) is 6.60. The minimum Gasteiger partial charge on any atom is -0.381 e. The largest absolute Gasteiger partial charge is 0.381 e. The molecule has 0 aliphatic rings. The molecule has 2 aromatic carbocycles. The van der Waals surface area contributed by atoms with Gasteiger partial charge in [-0.1, -0.05) is 45.6 Å².